The number of imide groups is 1. The molecule has 4 rings (SSSR count). The molecule has 2 amide bonds. The fourth-order valence-corrected chi connectivity index (χ4v) is 4.59. The monoisotopic (exact) mass is 555 g/mol. The Hall–Kier alpha value is -4.72. The van der Waals surface area contributed by atoms with Crippen molar-refractivity contribution in [1.82, 2.24) is 4.90 Å². The predicted molar refractivity (Wildman–Crippen MR) is 151 cm³/mol. The summed E-state index contributed by atoms with van der Waals surface area (Å²) in [7, 11) is 0. The van der Waals surface area contributed by atoms with Gasteiger partial charge in [-0.25, -0.2) is 9.69 Å². The Bertz CT molecular complexity index is 1330. The number of esters is 2. The van der Waals surface area contributed by atoms with Crippen LogP contribution in [0.25, 0.3) is 0 Å². The Morgan fingerprint density at radius 1 is 0.756 bits per heavy atom. The molecule has 0 fully saturated rings. The van der Waals surface area contributed by atoms with Gasteiger partial charge in [0.05, 0.1) is 6.04 Å². The molecule has 2 atom stereocenters. The zero-order valence-corrected chi connectivity index (χ0v) is 23.3. The Kier molecular flexibility index (Phi) is 9.34. The summed E-state index contributed by atoms with van der Waals surface area (Å²) >= 11 is 0. The molecule has 0 aliphatic carbocycles. The summed E-state index contributed by atoms with van der Waals surface area (Å²) in [4.78, 5) is 54.6. The minimum atomic E-state index is -1.50. The van der Waals surface area contributed by atoms with Gasteiger partial charge in [-0.15, -0.1) is 0 Å². The molecule has 3 aromatic carbocycles. The van der Waals surface area contributed by atoms with Crippen LogP contribution in [0.15, 0.2) is 103 Å². The van der Waals surface area contributed by atoms with Crippen LogP contribution in [0.3, 0.4) is 0 Å². The topological polar surface area (TPSA) is 99.2 Å². The van der Waals surface area contributed by atoms with Crippen LogP contribution in [0.2, 0.25) is 0 Å². The number of hydrogen-bond donors (Lipinski definition) is 0. The lowest BCUT2D eigenvalue weighted by Crippen LogP contribution is -2.49. The van der Waals surface area contributed by atoms with Crippen molar-refractivity contribution in [1.29, 1.82) is 0 Å². The van der Waals surface area contributed by atoms with E-state index >= 15 is 0 Å². The maximum absolute atomic E-state index is 13.8. The number of hydrogen-bond acceptors (Lipinski definition) is 7. The van der Waals surface area contributed by atoms with Crippen molar-refractivity contribution < 1.29 is 33.4 Å². The Balaban J connectivity index is 1.72. The fourth-order valence-electron chi connectivity index (χ4n) is 4.59. The van der Waals surface area contributed by atoms with Gasteiger partial charge in [-0.3, -0.25) is 14.4 Å². The first-order chi connectivity index (χ1) is 19.6. The first kappa shape index (κ1) is 29.3. The van der Waals surface area contributed by atoms with Crippen molar-refractivity contribution in [3.63, 3.8) is 0 Å². The van der Waals surface area contributed by atoms with Gasteiger partial charge in [0.15, 0.2) is 5.92 Å². The number of nitrogens with zero attached hydrogens (tertiary/aromatic N) is 1. The van der Waals surface area contributed by atoms with E-state index in [-0.39, 0.29) is 13.2 Å². The van der Waals surface area contributed by atoms with E-state index in [0.717, 1.165) is 16.0 Å². The maximum Gasteiger partial charge on any atom is 0.417 e. The highest BCUT2D eigenvalue weighted by Crippen LogP contribution is 2.37. The Labute approximate surface area is 239 Å². The molecule has 1 aliphatic heterocycles. The summed E-state index contributed by atoms with van der Waals surface area (Å²) in [5.41, 5.74) is 1.14. The molecular weight excluding hydrogens is 522 g/mol. The molecule has 1 heterocycles. The van der Waals surface area contributed by atoms with Crippen LogP contribution < -0.4 is 0 Å². The molecule has 1 aliphatic rings. The molecule has 212 valence electrons. The lowest BCUT2D eigenvalue weighted by molar-refractivity contribution is -0.166. The number of rotatable bonds is 9. The fraction of sp³-hybridized carbons (Fsp3) is 0.273. The van der Waals surface area contributed by atoms with Crippen LogP contribution in [0.5, 0.6) is 0 Å². The average molecular weight is 556 g/mol. The van der Waals surface area contributed by atoms with E-state index in [4.69, 9.17) is 14.2 Å². The molecule has 0 radical (unpaired) electrons. The third-order valence-corrected chi connectivity index (χ3v) is 6.43. The van der Waals surface area contributed by atoms with Crippen LogP contribution in [0.1, 0.15) is 43.4 Å². The highest BCUT2D eigenvalue weighted by Gasteiger charge is 2.48. The molecule has 0 aromatic heterocycles. The van der Waals surface area contributed by atoms with Crippen LogP contribution in [-0.4, -0.2) is 40.5 Å². The SMILES string of the molecule is CC(C)(C)OC(=O)N1C(=O)C=C[C@H]1[C@H](c1ccccc1)C(C(=O)OCc1ccccc1)C(=O)OCc1ccccc1. The van der Waals surface area contributed by atoms with Gasteiger partial charge in [0, 0.05) is 12.0 Å². The molecule has 0 N–H and O–H groups in total. The number of amides is 2. The summed E-state index contributed by atoms with van der Waals surface area (Å²) in [5, 5.41) is 0. The third-order valence-electron chi connectivity index (χ3n) is 6.43. The van der Waals surface area contributed by atoms with Crippen molar-refractivity contribution in [3.05, 3.63) is 120 Å². The lowest BCUT2D eigenvalue weighted by atomic mass is 9.80. The summed E-state index contributed by atoms with van der Waals surface area (Å²) < 4.78 is 16.8. The van der Waals surface area contributed by atoms with Crippen LogP contribution in [-0.2, 0) is 41.8 Å². The quantitative estimate of drug-likeness (QED) is 0.193. The van der Waals surface area contributed by atoms with E-state index in [1.807, 2.05) is 36.4 Å². The van der Waals surface area contributed by atoms with Gasteiger partial charge >= 0.3 is 18.0 Å². The largest absolute Gasteiger partial charge is 0.460 e. The van der Waals surface area contributed by atoms with E-state index in [1.54, 1.807) is 75.4 Å². The van der Waals surface area contributed by atoms with E-state index in [0.29, 0.717) is 5.56 Å². The zero-order chi connectivity index (χ0) is 29.4. The Morgan fingerprint density at radius 2 is 1.22 bits per heavy atom. The van der Waals surface area contributed by atoms with Crippen molar-refractivity contribution in [3.8, 4) is 0 Å². The van der Waals surface area contributed by atoms with Gasteiger partial charge < -0.3 is 14.2 Å². The van der Waals surface area contributed by atoms with E-state index < -0.39 is 47.4 Å². The predicted octanol–water partition coefficient (Wildman–Crippen LogP) is 5.58. The van der Waals surface area contributed by atoms with Gasteiger partial charge in [-0.2, -0.15) is 0 Å². The van der Waals surface area contributed by atoms with Gasteiger partial charge in [-0.05, 0) is 37.5 Å². The Morgan fingerprint density at radius 3 is 1.68 bits per heavy atom. The number of carbonyl (C=O) groups is 4. The molecule has 0 spiro atoms. The van der Waals surface area contributed by atoms with Crippen molar-refractivity contribution >= 4 is 23.9 Å². The summed E-state index contributed by atoms with van der Waals surface area (Å²) in [6.07, 6.45) is 1.87. The lowest BCUT2D eigenvalue weighted by Gasteiger charge is -2.34. The van der Waals surface area contributed by atoms with Crippen LogP contribution in [0.4, 0.5) is 4.79 Å². The van der Waals surface area contributed by atoms with Gasteiger partial charge in [0.1, 0.15) is 18.8 Å². The molecule has 0 saturated heterocycles. The molecule has 8 nitrogen and oxygen atoms in total. The number of ether oxygens (including phenoxy) is 3. The number of carbonyl (C=O) groups excluding carboxylic acids is 4. The molecule has 0 saturated carbocycles. The average Bonchev–Trinajstić information content (AvgIpc) is 3.34. The second kappa shape index (κ2) is 13.1. The smallest absolute Gasteiger partial charge is 0.417 e. The third kappa shape index (κ3) is 7.69. The second-order valence-electron chi connectivity index (χ2n) is 10.6. The molecule has 8 heteroatoms. The van der Waals surface area contributed by atoms with Crippen molar-refractivity contribution in [2.75, 3.05) is 0 Å². The van der Waals surface area contributed by atoms with E-state index in [2.05, 4.69) is 0 Å². The molecule has 0 bridgehead atoms. The van der Waals surface area contributed by atoms with Crippen LogP contribution in [0, 0.1) is 5.92 Å². The minimum Gasteiger partial charge on any atom is -0.460 e. The highest BCUT2D eigenvalue weighted by atomic mass is 16.6. The van der Waals surface area contributed by atoms with Gasteiger partial charge in [0.25, 0.3) is 5.91 Å². The van der Waals surface area contributed by atoms with E-state index in [1.165, 1.54) is 12.2 Å². The zero-order valence-electron chi connectivity index (χ0n) is 23.3. The highest BCUT2D eigenvalue weighted by molar-refractivity contribution is 6.02. The van der Waals surface area contributed by atoms with Crippen molar-refractivity contribution in [2.24, 2.45) is 5.92 Å². The standard InChI is InChI=1S/C33H33NO7/c1-33(2,3)41-32(38)34-26(19-20-27(34)35)28(25-17-11-6-12-18-25)29(30(36)39-21-23-13-7-4-8-14-23)31(37)40-22-24-15-9-5-10-16-24/h4-20,26,28-29H,21-22H2,1-3H3/t26-,28-/m0/s1. The second-order valence-corrected chi connectivity index (χ2v) is 10.6. The van der Waals surface area contributed by atoms with Gasteiger partial charge in [-0.1, -0.05) is 97.1 Å². The first-order valence-electron chi connectivity index (χ1n) is 13.3. The molecule has 3 aromatic rings. The molecular formula is C33H33NO7. The van der Waals surface area contributed by atoms with E-state index in [9.17, 15) is 19.2 Å². The van der Waals surface area contributed by atoms with Crippen molar-refractivity contribution in [2.45, 2.75) is 51.5 Å². The molecule has 0 unspecified atom stereocenters. The van der Waals surface area contributed by atoms with Crippen LogP contribution >= 0.6 is 0 Å². The normalized spacial score (nSPS) is 15.5. The summed E-state index contributed by atoms with van der Waals surface area (Å²) in [6, 6.07) is 25.9. The summed E-state index contributed by atoms with van der Waals surface area (Å²) in [6.45, 7) is 4.92. The van der Waals surface area contributed by atoms with Gasteiger partial charge in [0.2, 0.25) is 0 Å². The molecule has 41 heavy (non-hydrogen) atoms. The maximum atomic E-state index is 13.8. The number of benzene rings is 3. The first-order valence-corrected chi connectivity index (χ1v) is 13.3. The summed E-state index contributed by atoms with van der Waals surface area (Å²) in [5.74, 6) is -4.80. The minimum absolute atomic E-state index is 0.0706.